The predicted octanol–water partition coefficient (Wildman–Crippen LogP) is 4.86. The average Bonchev–Trinajstić information content (AvgIpc) is 3.41. The quantitative estimate of drug-likeness (QED) is 0.221. The van der Waals surface area contributed by atoms with Crippen LogP contribution >= 0.6 is 0 Å². The number of para-hydroxylation sites is 1. The topological polar surface area (TPSA) is 106 Å². The van der Waals surface area contributed by atoms with Crippen molar-refractivity contribution in [2.24, 2.45) is 0 Å². The molecule has 3 aromatic carbocycles. The fourth-order valence-electron chi connectivity index (χ4n) is 5.00. The van der Waals surface area contributed by atoms with Crippen molar-refractivity contribution in [1.82, 2.24) is 15.3 Å². The first kappa shape index (κ1) is 27.0. The number of nitrogens with zero attached hydrogens (tertiary/aromatic N) is 1. The highest BCUT2D eigenvalue weighted by Crippen LogP contribution is 2.29. The lowest BCUT2D eigenvalue weighted by molar-refractivity contribution is 0.0918. The number of aryl methyl sites for hydroxylation is 2. The number of aromatic amines is 1. The number of aliphatic hydroxyl groups is 1. The summed E-state index contributed by atoms with van der Waals surface area (Å²) in [4.78, 5) is 21.8. The van der Waals surface area contributed by atoms with Crippen LogP contribution in [-0.2, 0) is 19.3 Å². The highest BCUT2D eigenvalue weighted by Gasteiger charge is 2.19. The van der Waals surface area contributed by atoms with Crippen molar-refractivity contribution >= 4 is 27.7 Å². The number of carbonyl (C=O) groups excluding carboxylic acids is 1. The van der Waals surface area contributed by atoms with E-state index < -0.39 is 6.04 Å². The summed E-state index contributed by atoms with van der Waals surface area (Å²) >= 11 is 0. The maximum Gasteiger partial charge on any atom is 0.252 e. The third-order valence-corrected chi connectivity index (χ3v) is 7.13. The van der Waals surface area contributed by atoms with Crippen LogP contribution in [0.2, 0.25) is 0 Å². The molecule has 0 saturated carbocycles. The first-order chi connectivity index (χ1) is 19.5. The third-order valence-electron chi connectivity index (χ3n) is 7.13. The highest BCUT2D eigenvalue weighted by atomic mass is 16.5. The molecular weight excluding hydrogens is 506 g/mol. The summed E-state index contributed by atoms with van der Waals surface area (Å²) in [5, 5.41) is 15.0. The molecule has 0 fully saturated rings. The molecule has 3 N–H and O–H groups in total. The molecule has 5 rings (SSSR count). The van der Waals surface area contributed by atoms with E-state index in [1.165, 1.54) is 0 Å². The van der Waals surface area contributed by atoms with Gasteiger partial charge in [0, 0.05) is 28.2 Å². The first-order valence-electron chi connectivity index (χ1n) is 13.2. The molecule has 2 aromatic heterocycles. The lowest BCUT2D eigenvalue weighted by Crippen LogP contribution is -2.39. The van der Waals surface area contributed by atoms with Crippen molar-refractivity contribution in [3.63, 3.8) is 0 Å². The maximum absolute atomic E-state index is 13.7. The summed E-state index contributed by atoms with van der Waals surface area (Å²) in [6, 6.07) is 20.7. The Hall–Kier alpha value is -4.56. The second kappa shape index (κ2) is 12.1. The Labute approximate surface area is 232 Å². The zero-order valence-corrected chi connectivity index (χ0v) is 22.9. The third kappa shape index (κ3) is 5.72. The molecule has 1 atom stereocenters. The molecular formula is C32H33N3O5. The fraction of sp³-hybridized carbons (Fsp3) is 0.250. The molecule has 0 aliphatic heterocycles. The van der Waals surface area contributed by atoms with Crippen molar-refractivity contribution < 1.29 is 24.1 Å². The molecule has 0 spiro atoms. The Morgan fingerprint density at radius 2 is 1.75 bits per heavy atom. The molecule has 40 heavy (non-hydrogen) atoms. The van der Waals surface area contributed by atoms with E-state index in [9.17, 15) is 9.90 Å². The van der Waals surface area contributed by atoms with Crippen LogP contribution < -0.4 is 19.5 Å². The Kier molecular flexibility index (Phi) is 8.17. The number of benzene rings is 3. The Balaban J connectivity index is 1.41. The number of pyridine rings is 1. The van der Waals surface area contributed by atoms with Crippen LogP contribution in [0.25, 0.3) is 21.8 Å². The Morgan fingerprint density at radius 1 is 0.925 bits per heavy atom. The molecule has 1 amide bonds. The maximum atomic E-state index is 13.7. The molecule has 206 valence electrons. The van der Waals surface area contributed by atoms with Crippen molar-refractivity contribution in [3.8, 4) is 17.2 Å². The predicted molar refractivity (Wildman–Crippen MR) is 156 cm³/mol. The van der Waals surface area contributed by atoms with Gasteiger partial charge in [0.05, 0.1) is 45.1 Å². The van der Waals surface area contributed by atoms with Crippen molar-refractivity contribution in [1.29, 1.82) is 0 Å². The summed E-state index contributed by atoms with van der Waals surface area (Å²) < 4.78 is 16.2. The van der Waals surface area contributed by atoms with E-state index in [0.29, 0.717) is 53.0 Å². The standard InChI is InChI=1S/C32H33N3O5/c1-38-24-11-12-29-26(17-24)27(16-22(34-29)10-8-20-9-13-30(39-2)31(14-20)40-3)32(37)35-23(19-36)15-21-18-33-28-7-5-4-6-25(21)28/h4-7,9,11-14,16-18,23,33,36H,8,10,15,19H2,1-3H3,(H,35,37)/t23-/m1/s1. The van der Waals surface area contributed by atoms with Gasteiger partial charge in [-0.2, -0.15) is 0 Å². The molecule has 5 aromatic rings. The van der Waals surface area contributed by atoms with E-state index in [4.69, 9.17) is 19.2 Å². The van der Waals surface area contributed by atoms with Crippen LogP contribution in [0, 0.1) is 0 Å². The van der Waals surface area contributed by atoms with Crippen molar-refractivity contribution in [3.05, 3.63) is 95.3 Å². The van der Waals surface area contributed by atoms with Crippen LogP contribution in [0.5, 0.6) is 17.2 Å². The lowest BCUT2D eigenvalue weighted by Gasteiger charge is -2.18. The monoisotopic (exact) mass is 539 g/mol. The number of methoxy groups -OCH3 is 3. The summed E-state index contributed by atoms with van der Waals surface area (Å²) in [7, 11) is 4.82. The Morgan fingerprint density at radius 3 is 2.52 bits per heavy atom. The normalized spacial score (nSPS) is 11.9. The number of H-pyrrole nitrogens is 1. The van der Waals surface area contributed by atoms with Crippen LogP contribution in [0.1, 0.15) is 27.2 Å². The van der Waals surface area contributed by atoms with Gasteiger partial charge < -0.3 is 29.6 Å². The van der Waals surface area contributed by atoms with Crippen LogP contribution in [0.3, 0.4) is 0 Å². The van der Waals surface area contributed by atoms with Crippen molar-refractivity contribution in [2.75, 3.05) is 27.9 Å². The van der Waals surface area contributed by atoms with E-state index in [2.05, 4.69) is 10.3 Å². The minimum Gasteiger partial charge on any atom is -0.497 e. The molecule has 0 aliphatic carbocycles. The zero-order chi connectivity index (χ0) is 28.1. The van der Waals surface area contributed by atoms with Gasteiger partial charge in [0.25, 0.3) is 5.91 Å². The number of aromatic nitrogens is 2. The number of ether oxygens (including phenoxy) is 3. The van der Waals surface area contributed by atoms with Gasteiger partial charge in [0.2, 0.25) is 0 Å². The first-order valence-corrected chi connectivity index (χ1v) is 13.2. The average molecular weight is 540 g/mol. The van der Waals surface area contributed by atoms with E-state index in [-0.39, 0.29) is 12.5 Å². The van der Waals surface area contributed by atoms with Gasteiger partial charge in [0.1, 0.15) is 5.75 Å². The second-order valence-electron chi connectivity index (χ2n) is 9.65. The summed E-state index contributed by atoms with van der Waals surface area (Å²) in [5.41, 5.74) is 5.10. The van der Waals surface area contributed by atoms with Crippen LogP contribution in [0.15, 0.2) is 72.9 Å². The summed E-state index contributed by atoms with van der Waals surface area (Å²) in [5.74, 6) is 1.71. The van der Waals surface area contributed by atoms with Crippen molar-refractivity contribution in [2.45, 2.75) is 25.3 Å². The molecule has 0 radical (unpaired) electrons. The second-order valence-corrected chi connectivity index (χ2v) is 9.65. The number of hydrogen-bond donors (Lipinski definition) is 3. The minimum atomic E-state index is -0.462. The summed E-state index contributed by atoms with van der Waals surface area (Å²) in [6.45, 7) is -0.191. The fourth-order valence-corrected chi connectivity index (χ4v) is 5.00. The van der Waals surface area contributed by atoms with Crippen LogP contribution in [-0.4, -0.2) is 55.0 Å². The molecule has 8 nitrogen and oxygen atoms in total. The molecule has 8 heteroatoms. The number of aliphatic hydroxyl groups excluding tert-OH is 1. The molecule has 2 heterocycles. The SMILES string of the molecule is COc1ccc2nc(CCc3ccc(OC)c(OC)c3)cc(C(=O)N[C@@H](CO)Cc3c[nH]c4ccccc34)c2c1. The number of carbonyl (C=O) groups is 1. The number of nitrogens with one attached hydrogen (secondary N) is 2. The minimum absolute atomic E-state index is 0.191. The van der Waals surface area contributed by atoms with Gasteiger partial charge in [-0.05, 0) is 72.9 Å². The van der Waals surface area contributed by atoms with E-state index in [1.807, 2.05) is 72.9 Å². The van der Waals surface area contributed by atoms with Gasteiger partial charge >= 0.3 is 0 Å². The van der Waals surface area contributed by atoms with E-state index in [1.54, 1.807) is 21.3 Å². The van der Waals surface area contributed by atoms with Gasteiger partial charge in [-0.25, -0.2) is 0 Å². The van der Waals surface area contributed by atoms with E-state index >= 15 is 0 Å². The number of fused-ring (bicyclic) bond motifs is 2. The Bertz CT molecular complexity index is 1650. The molecule has 0 unspecified atom stereocenters. The van der Waals surface area contributed by atoms with Gasteiger partial charge in [-0.15, -0.1) is 0 Å². The van der Waals surface area contributed by atoms with Gasteiger partial charge in [0.15, 0.2) is 11.5 Å². The largest absolute Gasteiger partial charge is 0.497 e. The highest BCUT2D eigenvalue weighted by molar-refractivity contribution is 6.06. The molecule has 0 aliphatic rings. The number of amides is 1. The lowest BCUT2D eigenvalue weighted by atomic mass is 10.0. The van der Waals surface area contributed by atoms with Gasteiger partial charge in [-0.3, -0.25) is 9.78 Å². The van der Waals surface area contributed by atoms with Crippen LogP contribution in [0.4, 0.5) is 0 Å². The van der Waals surface area contributed by atoms with Gasteiger partial charge in [-0.1, -0.05) is 24.3 Å². The summed E-state index contributed by atoms with van der Waals surface area (Å²) in [6.07, 6.45) is 3.75. The van der Waals surface area contributed by atoms with E-state index in [0.717, 1.165) is 27.7 Å². The molecule has 0 bridgehead atoms. The number of hydrogen-bond acceptors (Lipinski definition) is 6. The smallest absolute Gasteiger partial charge is 0.252 e. The zero-order valence-electron chi connectivity index (χ0n) is 22.9. The molecule has 0 saturated heterocycles. The number of rotatable bonds is 11.